The molecule has 0 aliphatic heterocycles. The van der Waals surface area contributed by atoms with Crippen LogP contribution < -0.4 is 0 Å². The van der Waals surface area contributed by atoms with E-state index < -0.39 is 0 Å². The van der Waals surface area contributed by atoms with Crippen molar-refractivity contribution in [2.45, 2.75) is 0 Å². The van der Waals surface area contributed by atoms with Crippen LogP contribution in [-0.2, 0) is 0 Å². The van der Waals surface area contributed by atoms with Crippen molar-refractivity contribution in [2.75, 3.05) is 0 Å². The van der Waals surface area contributed by atoms with E-state index in [4.69, 9.17) is 8.83 Å². The van der Waals surface area contributed by atoms with E-state index in [2.05, 4.69) is 170 Å². The third-order valence-electron chi connectivity index (χ3n) is 10.7. The maximum absolute atomic E-state index is 6.71. The molecule has 52 heavy (non-hydrogen) atoms. The second-order valence-corrected chi connectivity index (χ2v) is 13.5. The quantitative estimate of drug-likeness (QED) is 0.175. The number of rotatable bonds is 4. The van der Waals surface area contributed by atoms with Gasteiger partial charge in [-0.15, -0.1) is 0 Å². The van der Waals surface area contributed by atoms with Crippen LogP contribution in [0.1, 0.15) is 0 Å². The third-order valence-corrected chi connectivity index (χ3v) is 10.7. The fourth-order valence-corrected chi connectivity index (χ4v) is 8.42. The molecule has 0 aliphatic carbocycles. The van der Waals surface area contributed by atoms with Crippen molar-refractivity contribution >= 4 is 65.4 Å². The summed E-state index contributed by atoms with van der Waals surface area (Å²) >= 11 is 0. The SMILES string of the molecule is c1ccc(-c2cccc(-c3ccccc3)c2-c2c3ccccc3c(-c3ccc4c(c3)oc3c4ccc4c5ccccc5oc43)c3ccccc23)cc1. The van der Waals surface area contributed by atoms with Crippen LogP contribution in [0.5, 0.6) is 0 Å². The summed E-state index contributed by atoms with van der Waals surface area (Å²) in [6, 6.07) is 65.2. The Morgan fingerprint density at radius 1 is 0.250 bits per heavy atom. The molecule has 0 spiro atoms. The summed E-state index contributed by atoms with van der Waals surface area (Å²) in [5.41, 5.74) is 12.9. The summed E-state index contributed by atoms with van der Waals surface area (Å²) in [6.45, 7) is 0. The number of hydrogen-bond acceptors (Lipinski definition) is 2. The van der Waals surface area contributed by atoms with Crippen LogP contribution in [-0.4, -0.2) is 0 Å². The standard InChI is InChI=1S/C50H30O2/c1-3-14-31(15-4-1)34-23-13-24-35(32-16-5-2-6-17-32)47(34)48-40-21-9-7-19-38(40)46(39-20-8-10-22-41(39)48)33-26-27-37-43-29-28-42-36-18-11-12-25-44(36)51-49(42)50(43)52-45(37)30-33/h1-30H. The average Bonchev–Trinajstić information content (AvgIpc) is 3.79. The highest BCUT2D eigenvalue weighted by Crippen LogP contribution is 2.50. The highest BCUT2D eigenvalue weighted by atomic mass is 16.4. The molecule has 0 amide bonds. The van der Waals surface area contributed by atoms with E-state index in [0.717, 1.165) is 49.4 Å². The first kappa shape index (κ1) is 28.9. The molecule has 11 rings (SSSR count). The monoisotopic (exact) mass is 662 g/mol. The minimum atomic E-state index is 0.789. The van der Waals surface area contributed by atoms with E-state index in [1.165, 1.54) is 60.5 Å². The summed E-state index contributed by atoms with van der Waals surface area (Å²) in [5.74, 6) is 0. The Labute approximate surface area is 299 Å². The van der Waals surface area contributed by atoms with Gasteiger partial charge in [0.1, 0.15) is 11.2 Å². The maximum atomic E-state index is 6.71. The van der Waals surface area contributed by atoms with Gasteiger partial charge in [-0.3, -0.25) is 0 Å². The molecular formula is C50H30O2. The van der Waals surface area contributed by atoms with Crippen molar-refractivity contribution in [1.29, 1.82) is 0 Å². The predicted octanol–water partition coefficient (Wildman–Crippen LogP) is 14.5. The van der Waals surface area contributed by atoms with E-state index in [1.807, 2.05) is 12.1 Å². The fourth-order valence-electron chi connectivity index (χ4n) is 8.42. The van der Waals surface area contributed by atoms with Crippen LogP contribution in [0.3, 0.4) is 0 Å². The lowest BCUT2D eigenvalue weighted by molar-refractivity contribution is 0.633. The molecule has 0 aliphatic rings. The van der Waals surface area contributed by atoms with Crippen molar-refractivity contribution < 1.29 is 8.83 Å². The molecule has 2 heterocycles. The molecule has 0 saturated heterocycles. The highest BCUT2D eigenvalue weighted by molar-refractivity contribution is 6.25. The lowest BCUT2D eigenvalue weighted by Crippen LogP contribution is -1.95. The smallest absolute Gasteiger partial charge is 0.178 e. The topological polar surface area (TPSA) is 26.3 Å². The third kappa shape index (κ3) is 4.25. The zero-order valence-electron chi connectivity index (χ0n) is 28.1. The van der Waals surface area contributed by atoms with Gasteiger partial charge in [0.2, 0.25) is 0 Å². The molecule has 9 aromatic carbocycles. The Hall–Kier alpha value is -6.90. The number of fused-ring (bicyclic) bond motifs is 9. The summed E-state index contributed by atoms with van der Waals surface area (Å²) in [4.78, 5) is 0. The Kier molecular flexibility index (Phi) is 6.28. The van der Waals surface area contributed by atoms with E-state index in [0.29, 0.717) is 0 Å². The van der Waals surface area contributed by atoms with Gasteiger partial charge in [-0.25, -0.2) is 0 Å². The molecule has 0 atom stereocenters. The van der Waals surface area contributed by atoms with Crippen LogP contribution in [0.2, 0.25) is 0 Å². The zero-order valence-corrected chi connectivity index (χ0v) is 28.1. The maximum Gasteiger partial charge on any atom is 0.178 e. The fraction of sp³-hybridized carbons (Fsp3) is 0. The van der Waals surface area contributed by atoms with Crippen molar-refractivity contribution in [3.63, 3.8) is 0 Å². The van der Waals surface area contributed by atoms with Gasteiger partial charge in [0, 0.05) is 21.5 Å². The number of para-hydroxylation sites is 1. The molecule has 0 unspecified atom stereocenters. The molecule has 0 saturated carbocycles. The lowest BCUT2D eigenvalue weighted by Gasteiger charge is -2.22. The van der Waals surface area contributed by atoms with Crippen LogP contribution >= 0.6 is 0 Å². The Morgan fingerprint density at radius 2 is 0.692 bits per heavy atom. The Balaban J connectivity index is 1.21. The van der Waals surface area contributed by atoms with Gasteiger partial charge in [-0.1, -0.05) is 152 Å². The van der Waals surface area contributed by atoms with E-state index in [-0.39, 0.29) is 0 Å². The Morgan fingerprint density at radius 3 is 1.27 bits per heavy atom. The van der Waals surface area contributed by atoms with Crippen molar-refractivity contribution in [2.24, 2.45) is 0 Å². The number of furan rings is 2. The molecule has 2 aromatic heterocycles. The summed E-state index contributed by atoms with van der Waals surface area (Å²) in [5, 5.41) is 9.14. The number of hydrogen-bond donors (Lipinski definition) is 0. The van der Waals surface area contributed by atoms with Gasteiger partial charge in [0.05, 0.1) is 0 Å². The number of benzene rings is 9. The van der Waals surface area contributed by atoms with Gasteiger partial charge < -0.3 is 8.83 Å². The summed E-state index contributed by atoms with van der Waals surface area (Å²) < 4.78 is 13.1. The van der Waals surface area contributed by atoms with Gasteiger partial charge >= 0.3 is 0 Å². The largest absolute Gasteiger partial charge is 0.452 e. The molecule has 0 radical (unpaired) electrons. The van der Waals surface area contributed by atoms with Crippen LogP contribution in [0.15, 0.2) is 191 Å². The average molecular weight is 663 g/mol. The van der Waals surface area contributed by atoms with Crippen LogP contribution in [0.4, 0.5) is 0 Å². The van der Waals surface area contributed by atoms with Gasteiger partial charge in [0.25, 0.3) is 0 Å². The van der Waals surface area contributed by atoms with Crippen LogP contribution in [0.25, 0.3) is 110 Å². The molecule has 2 heteroatoms. The minimum absolute atomic E-state index is 0.789. The predicted molar refractivity (Wildman–Crippen MR) is 218 cm³/mol. The first-order chi connectivity index (χ1) is 25.8. The molecule has 11 aromatic rings. The Bertz CT molecular complexity index is 3050. The normalized spacial score (nSPS) is 11.8. The molecular weight excluding hydrogens is 633 g/mol. The van der Waals surface area contributed by atoms with Crippen molar-refractivity contribution in [3.05, 3.63) is 182 Å². The van der Waals surface area contributed by atoms with Crippen molar-refractivity contribution in [3.8, 4) is 44.5 Å². The summed E-state index contributed by atoms with van der Waals surface area (Å²) in [7, 11) is 0. The van der Waals surface area contributed by atoms with Crippen molar-refractivity contribution in [1.82, 2.24) is 0 Å². The second kappa shape index (κ2) is 11.3. The molecule has 0 fully saturated rings. The lowest BCUT2D eigenvalue weighted by atomic mass is 9.81. The first-order valence-electron chi connectivity index (χ1n) is 17.8. The van der Waals surface area contributed by atoms with Crippen LogP contribution in [0, 0.1) is 0 Å². The van der Waals surface area contributed by atoms with Gasteiger partial charge in [0.15, 0.2) is 11.2 Å². The minimum Gasteiger partial charge on any atom is -0.452 e. The van der Waals surface area contributed by atoms with Gasteiger partial charge in [-0.05, 0) is 96.4 Å². The van der Waals surface area contributed by atoms with E-state index in [1.54, 1.807) is 0 Å². The molecule has 0 bridgehead atoms. The van der Waals surface area contributed by atoms with E-state index in [9.17, 15) is 0 Å². The molecule has 242 valence electrons. The molecule has 2 nitrogen and oxygen atoms in total. The first-order valence-corrected chi connectivity index (χ1v) is 17.8. The second-order valence-electron chi connectivity index (χ2n) is 13.5. The highest BCUT2D eigenvalue weighted by Gasteiger charge is 2.23. The van der Waals surface area contributed by atoms with E-state index >= 15 is 0 Å². The molecule has 0 N–H and O–H groups in total. The summed E-state index contributed by atoms with van der Waals surface area (Å²) in [6.07, 6.45) is 0. The zero-order chi connectivity index (χ0) is 34.2. The van der Waals surface area contributed by atoms with Gasteiger partial charge in [-0.2, -0.15) is 0 Å².